The molecule has 1 atom stereocenters. The number of benzene rings is 3. The van der Waals surface area contributed by atoms with Crippen molar-refractivity contribution in [2.24, 2.45) is 0 Å². The first-order chi connectivity index (χ1) is 22.9. The van der Waals surface area contributed by atoms with Gasteiger partial charge in [0.05, 0.1) is 30.8 Å². The van der Waals surface area contributed by atoms with Crippen LogP contribution in [0.2, 0.25) is 5.02 Å². The zero-order valence-corrected chi connectivity index (χ0v) is 27.9. The number of aromatic carboxylic acids is 1. The standard InChI is InChI=1S/C36H37ClN4O7/c1-22(2)39-15-16-40(34(44)20-39)27-10-5-24(6-11-27)17-28(21-48-29-12-7-25(8-13-29)36(45)46)41-33(43)19-32(35(38-41)47-4)31-18-26(37)9-14-30(31)23(3)42/h5-14,18-19,22,28H,15-17,20-21H2,1-4H3,(H,45,46). The van der Waals surface area contributed by atoms with Crippen LogP contribution in [0.25, 0.3) is 11.1 Å². The Hall–Kier alpha value is -5.00. The van der Waals surface area contributed by atoms with E-state index in [9.17, 15) is 24.3 Å². The number of anilines is 1. The Labute approximate surface area is 283 Å². The highest BCUT2D eigenvalue weighted by molar-refractivity contribution is 6.31. The molecular weight excluding hydrogens is 636 g/mol. The van der Waals surface area contributed by atoms with Crippen LogP contribution >= 0.6 is 11.6 Å². The fourth-order valence-electron chi connectivity index (χ4n) is 5.70. The lowest BCUT2D eigenvalue weighted by atomic mass is 9.98. The van der Waals surface area contributed by atoms with E-state index in [-0.39, 0.29) is 29.7 Å². The first-order valence-corrected chi connectivity index (χ1v) is 15.9. The third kappa shape index (κ3) is 7.75. The lowest BCUT2D eigenvalue weighted by Gasteiger charge is -2.36. The minimum Gasteiger partial charge on any atom is -0.491 e. The number of ether oxygens (including phenoxy) is 2. The molecule has 250 valence electrons. The number of carbonyl (C=O) groups excluding carboxylic acids is 2. The number of Topliss-reactive ketones (excluding diaryl/α,β-unsaturated/α-hetero) is 1. The normalized spacial score (nSPS) is 14.2. The molecule has 1 aromatic heterocycles. The highest BCUT2D eigenvalue weighted by Gasteiger charge is 2.27. The van der Waals surface area contributed by atoms with E-state index in [1.165, 1.54) is 36.9 Å². The maximum absolute atomic E-state index is 13.7. The van der Waals surface area contributed by atoms with Gasteiger partial charge in [0.2, 0.25) is 11.8 Å². The van der Waals surface area contributed by atoms with Crippen molar-refractivity contribution in [2.45, 2.75) is 39.3 Å². The molecule has 1 amide bonds. The molecule has 3 aromatic carbocycles. The number of rotatable bonds is 12. The summed E-state index contributed by atoms with van der Waals surface area (Å²) in [4.78, 5) is 54.3. The summed E-state index contributed by atoms with van der Waals surface area (Å²) < 4.78 is 13.0. The number of halogens is 1. The largest absolute Gasteiger partial charge is 0.491 e. The van der Waals surface area contributed by atoms with E-state index in [4.69, 9.17) is 21.1 Å². The van der Waals surface area contributed by atoms with Gasteiger partial charge in [-0.25, -0.2) is 9.48 Å². The van der Waals surface area contributed by atoms with Crippen molar-refractivity contribution >= 4 is 34.9 Å². The third-order valence-electron chi connectivity index (χ3n) is 8.36. The molecule has 11 nitrogen and oxygen atoms in total. The monoisotopic (exact) mass is 672 g/mol. The summed E-state index contributed by atoms with van der Waals surface area (Å²) in [5.41, 5.74) is 2.43. The first kappa shape index (κ1) is 34.3. The minimum absolute atomic E-state index is 0.00901. The van der Waals surface area contributed by atoms with Crippen LogP contribution in [-0.4, -0.2) is 76.8 Å². The van der Waals surface area contributed by atoms with Gasteiger partial charge >= 0.3 is 5.97 Å². The SMILES string of the molecule is COc1nn(C(COc2ccc(C(=O)O)cc2)Cc2ccc(N3CCN(C(C)C)CC3=O)cc2)c(=O)cc1-c1cc(Cl)ccc1C(C)=O. The Morgan fingerprint density at radius 3 is 2.27 bits per heavy atom. The molecule has 0 saturated carbocycles. The van der Waals surface area contributed by atoms with Gasteiger partial charge in [0.15, 0.2) is 5.78 Å². The van der Waals surface area contributed by atoms with Gasteiger partial charge in [0, 0.05) is 41.5 Å². The quantitative estimate of drug-likeness (QED) is 0.197. The molecular formula is C36H37ClN4O7. The van der Waals surface area contributed by atoms with Gasteiger partial charge in [0.25, 0.3) is 5.56 Å². The number of hydrogen-bond donors (Lipinski definition) is 1. The number of carboxylic acid groups (broad SMARTS) is 1. The van der Waals surface area contributed by atoms with Crippen molar-refractivity contribution in [1.82, 2.24) is 14.7 Å². The molecule has 12 heteroatoms. The predicted octanol–water partition coefficient (Wildman–Crippen LogP) is 5.39. The van der Waals surface area contributed by atoms with Gasteiger partial charge in [0.1, 0.15) is 12.4 Å². The van der Waals surface area contributed by atoms with E-state index in [1.54, 1.807) is 35.2 Å². The van der Waals surface area contributed by atoms with Gasteiger partial charge in [-0.2, -0.15) is 0 Å². The summed E-state index contributed by atoms with van der Waals surface area (Å²) >= 11 is 6.26. The van der Waals surface area contributed by atoms with Crippen LogP contribution < -0.4 is 19.9 Å². The second-order valence-corrected chi connectivity index (χ2v) is 12.3. The Balaban J connectivity index is 1.47. The van der Waals surface area contributed by atoms with E-state index >= 15 is 0 Å². The van der Waals surface area contributed by atoms with Crippen LogP contribution in [0.3, 0.4) is 0 Å². The number of methoxy groups -OCH3 is 1. The average molecular weight is 673 g/mol. The Kier molecular flexibility index (Phi) is 10.6. The lowest BCUT2D eigenvalue weighted by molar-refractivity contribution is -0.121. The second kappa shape index (κ2) is 14.8. The number of ketones is 1. The second-order valence-electron chi connectivity index (χ2n) is 11.9. The van der Waals surface area contributed by atoms with Crippen LogP contribution in [0, 0.1) is 0 Å². The molecule has 0 aliphatic carbocycles. The van der Waals surface area contributed by atoms with Crippen LogP contribution in [0.15, 0.2) is 77.6 Å². The number of carboxylic acids is 1. The summed E-state index contributed by atoms with van der Waals surface area (Å²) in [7, 11) is 1.43. The molecule has 0 radical (unpaired) electrons. The van der Waals surface area contributed by atoms with Crippen LogP contribution in [0.1, 0.15) is 53.1 Å². The first-order valence-electron chi connectivity index (χ1n) is 15.5. The third-order valence-corrected chi connectivity index (χ3v) is 8.59. The van der Waals surface area contributed by atoms with Gasteiger partial charge in [-0.15, -0.1) is 5.10 Å². The number of piperazine rings is 1. The van der Waals surface area contributed by atoms with Gasteiger partial charge in [-0.3, -0.25) is 19.3 Å². The topological polar surface area (TPSA) is 131 Å². The number of carbonyl (C=O) groups is 3. The molecule has 1 unspecified atom stereocenters. The Morgan fingerprint density at radius 2 is 1.67 bits per heavy atom. The summed E-state index contributed by atoms with van der Waals surface area (Å²) in [5, 5.41) is 14.2. The molecule has 1 aliphatic heterocycles. The average Bonchev–Trinajstić information content (AvgIpc) is 3.07. The van der Waals surface area contributed by atoms with Crippen LogP contribution in [0.5, 0.6) is 11.6 Å². The number of amides is 1. The summed E-state index contributed by atoms with van der Waals surface area (Å²) in [5.74, 6) is -0.689. The van der Waals surface area contributed by atoms with E-state index in [0.717, 1.165) is 17.8 Å². The number of hydrogen-bond acceptors (Lipinski definition) is 8. The molecule has 2 heterocycles. The molecule has 5 rings (SSSR count). The zero-order valence-electron chi connectivity index (χ0n) is 27.2. The lowest BCUT2D eigenvalue weighted by Crippen LogP contribution is -2.52. The molecule has 48 heavy (non-hydrogen) atoms. The minimum atomic E-state index is -1.05. The fraction of sp³-hybridized carbons (Fsp3) is 0.306. The molecule has 0 spiro atoms. The zero-order chi connectivity index (χ0) is 34.5. The van der Waals surface area contributed by atoms with Gasteiger partial charge in [-0.1, -0.05) is 23.7 Å². The number of aromatic nitrogens is 2. The van der Waals surface area contributed by atoms with Gasteiger partial charge in [-0.05, 0) is 92.9 Å². The summed E-state index contributed by atoms with van der Waals surface area (Å²) in [6.45, 7) is 7.33. The Bertz CT molecular complexity index is 1870. The molecule has 0 bridgehead atoms. The van der Waals surface area contributed by atoms with Crippen LogP contribution in [-0.2, 0) is 11.2 Å². The molecule has 4 aromatic rings. The molecule has 1 N–H and O–H groups in total. The predicted molar refractivity (Wildman–Crippen MR) is 183 cm³/mol. The highest BCUT2D eigenvalue weighted by Crippen LogP contribution is 2.33. The van der Waals surface area contributed by atoms with Crippen molar-refractivity contribution in [2.75, 3.05) is 38.3 Å². The smallest absolute Gasteiger partial charge is 0.335 e. The number of nitrogens with zero attached hydrogens (tertiary/aromatic N) is 4. The fourth-order valence-corrected chi connectivity index (χ4v) is 5.87. The molecule has 1 aliphatic rings. The highest BCUT2D eigenvalue weighted by atomic mass is 35.5. The van der Waals surface area contributed by atoms with E-state index in [0.29, 0.717) is 53.0 Å². The van der Waals surface area contributed by atoms with Crippen LogP contribution in [0.4, 0.5) is 5.69 Å². The van der Waals surface area contributed by atoms with E-state index in [2.05, 4.69) is 23.8 Å². The Morgan fingerprint density at radius 1 is 0.958 bits per heavy atom. The van der Waals surface area contributed by atoms with E-state index < -0.39 is 17.6 Å². The molecule has 1 fully saturated rings. The maximum atomic E-state index is 13.7. The van der Waals surface area contributed by atoms with Crippen molar-refractivity contribution in [3.8, 4) is 22.8 Å². The van der Waals surface area contributed by atoms with Gasteiger partial charge < -0.3 is 19.5 Å². The molecule has 1 saturated heterocycles. The van der Waals surface area contributed by atoms with E-state index in [1.807, 2.05) is 24.3 Å². The summed E-state index contributed by atoms with van der Waals surface area (Å²) in [6, 6.07) is 19.4. The summed E-state index contributed by atoms with van der Waals surface area (Å²) in [6.07, 6.45) is 0.327. The van der Waals surface area contributed by atoms with Crippen molar-refractivity contribution in [3.05, 3.63) is 105 Å². The maximum Gasteiger partial charge on any atom is 0.335 e. The van der Waals surface area contributed by atoms with Crippen molar-refractivity contribution in [1.29, 1.82) is 0 Å². The van der Waals surface area contributed by atoms with Crippen molar-refractivity contribution in [3.63, 3.8) is 0 Å². The van der Waals surface area contributed by atoms with Crippen molar-refractivity contribution < 1.29 is 29.0 Å².